The lowest BCUT2D eigenvalue weighted by Crippen LogP contribution is -1.88. The van der Waals surface area contributed by atoms with Crippen LogP contribution in [0.2, 0.25) is 0 Å². The van der Waals surface area contributed by atoms with Crippen molar-refractivity contribution in [3.8, 4) is 6.07 Å². The predicted octanol–water partition coefficient (Wildman–Crippen LogP) is 3.03. The SMILES string of the molecule is Cn1cc(/C=C(\C#N)c2ccc3ccccc3n2)cn1. The Balaban J connectivity index is 2.07. The van der Waals surface area contributed by atoms with Crippen LogP contribution in [0.3, 0.4) is 0 Å². The van der Waals surface area contributed by atoms with E-state index in [4.69, 9.17) is 0 Å². The van der Waals surface area contributed by atoms with E-state index in [2.05, 4.69) is 16.2 Å². The predicted molar refractivity (Wildman–Crippen MR) is 78.4 cm³/mol. The van der Waals surface area contributed by atoms with Crippen molar-refractivity contribution in [3.05, 3.63) is 60.0 Å². The van der Waals surface area contributed by atoms with Crippen LogP contribution < -0.4 is 0 Å². The van der Waals surface area contributed by atoms with E-state index in [1.807, 2.05) is 49.6 Å². The molecule has 0 amide bonds. The quantitative estimate of drug-likeness (QED) is 0.665. The highest BCUT2D eigenvalue weighted by Crippen LogP contribution is 2.19. The van der Waals surface area contributed by atoms with Gasteiger partial charge in [0.05, 0.1) is 23.0 Å². The molecule has 3 aromatic rings. The molecule has 0 spiro atoms. The summed E-state index contributed by atoms with van der Waals surface area (Å²) >= 11 is 0. The first-order valence-corrected chi connectivity index (χ1v) is 6.23. The van der Waals surface area contributed by atoms with Crippen molar-refractivity contribution < 1.29 is 0 Å². The lowest BCUT2D eigenvalue weighted by Gasteiger charge is -2.01. The van der Waals surface area contributed by atoms with Crippen LogP contribution in [0, 0.1) is 11.3 Å². The largest absolute Gasteiger partial charge is 0.275 e. The van der Waals surface area contributed by atoms with Crippen molar-refractivity contribution >= 4 is 22.6 Å². The Hall–Kier alpha value is -2.93. The van der Waals surface area contributed by atoms with E-state index >= 15 is 0 Å². The molecule has 0 saturated carbocycles. The molecule has 0 fully saturated rings. The van der Waals surface area contributed by atoms with Crippen LogP contribution >= 0.6 is 0 Å². The summed E-state index contributed by atoms with van der Waals surface area (Å²) in [4.78, 5) is 4.53. The molecule has 0 atom stereocenters. The molecule has 3 rings (SSSR count). The number of nitriles is 1. The van der Waals surface area contributed by atoms with Crippen LogP contribution in [0.25, 0.3) is 22.6 Å². The second-order valence-electron chi connectivity index (χ2n) is 4.51. The van der Waals surface area contributed by atoms with E-state index < -0.39 is 0 Å². The number of aryl methyl sites for hydroxylation is 1. The van der Waals surface area contributed by atoms with Gasteiger partial charge in [0.2, 0.25) is 0 Å². The lowest BCUT2D eigenvalue weighted by molar-refractivity contribution is 0.767. The lowest BCUT2D eigenvalue weighted by atomic mass is 10.1. The third-order valence-corrected chi connectivity index (χ3v) is 3.03. The summed E-state index contributed by atoms with van der Waals surface area (Å²) in [5.41, 5.74) is 2.98. The highest BCUT2D eigenvalue weighted by Gasteiger charge is 2.05. The van der Waals surface area contributed by atoms with Crippen LogP contribution in [-0.4, -0.2) is 14.8 Å². The van der Waals surface area contributed by atoms with Gasteiger partial charge in [0.1, 0.15) is 6.07 Å². The van der Waals surface area contributed by atoms with Crippen molar-refractivity contribution in [2.24, 2.45) is 7.05 Å². The van der Waals surface area contributed by atoms with Gasteiger partial charge >= 0.3 is 0 Å². The van der Waals surface area contributed by atoms with E-state index in [0.717, 1.165) is 16.5 Å². The van der Waals surface area contributed by atoms with E-state index in [9.17, 15) is 5.26 Å². The van der Waals surface area contributed by atoms with Gasteiger partial charge in [-0.3, -0.25) is 4.68 Å². The van der Waals surface area contributed by atoms with Gasteiger partial charge < -0.3 is 0 Å². The Bertz CT molecular complexity index is 837. The Labute approximate surface area is 116 Å². The maximum Gasteiger partial charge on any atom is 0.101 e. The number of rotatable bonds is 2. The molecule has 20 heavy (non-hydrogen) atoms. The van der Waals surface area contributed by atoms with Gasteiger partial charge in [-0.05, 0) is 18.2 Å². The molecule has 0 N–H and O–H groups in total. The summed E-state index contributed by atoms with van der Waals surface area (Å²) < 4.78 is 1.70. The van der Waals surface area contributed by atoms with Crippen molar-refractivity contribution in [1.29, 1.82) is 5.26 Å². The van der Waals surface area contributed by atoms with Gasteiger partial charge in [-0.25, -0.2) is 4.98 Å². The second kappa shape index (κ2) is 4.98. The molecule has 0 bridgehead atoms. The van der Waals surface area contributed by atoms with E-state index in [1.54, 1.807) is 17.0 Å². The molecule has 4 heteroatoms. The minimum atomic E-state index is 0.531. The second-order valence-corrected chi connectivity index (χ2v) is 4.51. The average Bonchev–Trinajstić information content (AvgIpc) is 2.89. The fraction of sp³-hybridized carbons (Fsp3) is 0.0625. The molecule has 4 nitrogen and oxygen atoms in total. The highest BCUT2D eigenvalue weighted by atomic mass is 15.2. The molecular weight excluding hydrogens is 248 g/mol. The minimum Gasteiger partial charge on any atom is -0.275 e. The molecule has 0 saturated heterocycles. The number of nitrogens with zero attached hydrogens (tertiary/aromatic N) is 4. The number of aromatic nitrogens is 3. The first-order valence-electron chi connectivity index (χ1n) is 6.23. The fourth-order valence-electron chi connectivity index (χ4n) is 2.06. The molecule has 2 heterocycles. The normalized spacial score (nSPS) is 11.5. The maximum absolute atomic E-state index is 9.33. The summed E-state index contributed by atoms with van der Waals surface area (Å²) in [6.45, 7) is 0. The maximum atomic E-state index is 9.33. The Kier molecular flexibility index (Phi) is 3.02. The van der Waals surface area contributed by atoms with Crippen LogP contribution in [0.5, 0.6) is 0 Å². The van der Waals surface area contributed by atoms with Crippen molar-refractivity contribution in [2.45, 2.75) is 0 Å². The van der Waals surface area contributed by atoms with Crippen LogP contribution in [-0.2, 0) is 7.05 Å². The molecule has 2 aromatic heterocycles. The molecule has 0 aliphatic rings. The fourth-order valence-corrected chi connectivity index (χ4v) is 2.06. The zero-order chi connectivity index (χ0) is 13.9. The van der Waals surface area contributed by atoms with Gasteiger partial charge in [0.15, 0.2) is 0 Å². The molecule has 1 aromatic carbocycles. The molecular formula is C16H12N4. The van der Waals surface area contributed by atoms with E-state index in [-0.39, 0.29) is 0 Å². The third kappa shape index (κ3) is 2.29. The minimum absolute atomic E-state index is 0.531. The molecule has 0 aliphatic heterocycles. The zero-order valence-corrected chi connectivity index (χ0v) is 11.0. The molecule has 96 valence electrons. The smallest absolute Gasteiger partial charge is 0.101 e. The zero-order valence-electron chi connectivity index (χ0n) is 11.0. The first kappa shape index (κ1) is 12.1. The van der Waals surface area contributed by atoms with Crippen LogP contribution in [0.4, 0.5) is 0 Å². The summed E-state index contributed by atoms with van der Waals surface area (Å²) in [5.74, 6) is 0. The summed E-state index contributed by atoms with van der Waals surface area (Å²) in [6, 6.07) is 13.9. The summed E-state index contributed by atoms with van der Waals surface area (Å²) in [6.07, 6.45) is 5.38. The van der Waals surface area contributed by atoms with Gasteiger partial charge in [0, 0.05) is 24.2 Å². The Morgan fingerprint density at radius 3 is 2.85 bits per heavy atom. The Morgan fingerprint density at radius 2 is 2.10 bits per heavy atom. The Morgan fingerprint density at radius 1 is 1.25 bits per heavy atom. The number of fused-ring (bicyclic) bond motifs is 1. The molecule has 0 unspecified atom stereocenters. The van der Waals surface area contributed by atoms with E-state index in [1.165, 1.54) is 0 Å². The molecule has 0 aliphatic carbocycles. The topological polar surface area (TPSA) is 54.5 Å². The van der Waals surface area contributed by atoms with Crippen molar-refractivity contribution in [1.82, 2.24) is 14.8 Å². The number of pyridine rings is 1. The third-order valence-electron chi connectivity index (χ3n) is 3.03. The number of hydrogen-bond donors (Lipinski definition) is 0. The number of allylic oxidation sites excluding steroid dienone is 1. The van der Waals surface area contributed by atoms with Gasteiger partial charge in [-0.1, -0.05) is 24.3 Å². The van der Waals surface area contributed by atoms with Crippen molar-refractivity contribution in [3.63, 3.8) is 0 Å². The van der Waals surface area contributed by atoms with Crippen molar-refractivity contribution in [2.75, 3.05) is 0 Å². The van der Waals surface area contributed by atoms with Crippen LogP contribution in [0.15, 0.2) is 48.8 Å². The monoisotopic (exact) mass is 260 g/mol. The standard InChI is InChI=1S/C16H12N4/c1-20-11-12(10-18-20)8-14(9-17)16-7-6-13-4-2-3-5-15(13)19-16/h2-8,10-11H,1H3/b14-8+. The highest BCUT2D eigenvalue weighted by molar-refractivity contribution is 5.90. The number of para-hydroxylation sites is 1. The van der Waals surface area contributed by atoms with Gasteiger partial charge in [0.25, 0.3) is 0 Å². The van der Waals surface area contributed by atoms with Gasteiger partial charge in [-0.15, -0.1) is 0 Å². The average molecular weight is 260 g/mol. The summed E-state index contributed by atoms with van der Waals surface area (Å²) in [7, 11) is 1.84. The first-order chi connectivity index (χ1) is 9.76. The number of benzene rings is 1. The molecule has 0 radical (unpaired) electrons. The van der Waals surface area contributed by atoms with E-state index in [0.29, 0.717) is 11.3 Å². The van der Waals surface area contributed by atoms with Gasteiger partial charge in [-0.2, -0.15) is 10.4 Å². The van der Waals surface area contributed by atoms with Crippen LogP contribution in [0.1, 0.15) is 11.3 Å². The summed E-state index contributed by atoms with van der Waals surface area (Å²) in [5, 5.41) is 14.5. The number of hydrogen-bond acceptors (Lipinski definition) is 3.